The Labute approximate surface area is 110 Å². The minimum Gasteiger partial charge on any atom is -0.334 e. The molecule has 0 saturated carbocycles. The number of hydrogen-bond donors (Lipinski definition) is 1. The number of urea groups is 1. The Morgan fingerprint density at radius 2 is 1.94 bits per heavy atom. The number of amides is 2. The molecule has 0 aromatic heterocycles. The van der Waals surface area contributed by atoms with Crippen LogP contribution in [0.25, 0.3) is 0 Å². The van der Waals surface area contributed by atoms with Gasteiger partial charge in [0.2, 0.25) is 0 Å². The molecule has 1 aliphatic rings. The minimum atomic E-state index is 0.0560. The van der Waals surface area contributed by atoms with Gasteiger partial charge in [0, 0.05) is 24.1 Å². The third-order valence-corrected chi connectivity index (χ3v) is 3.80. The summed E-state index contributed by atoms with van der Waals surface area (Å²) in [4.78, 5) is 13.8. The lowest BCUT2D eigenvalue weighted by molar-refractivity contribution is 0.186. The van der Waals surface area contributed by atoms with Crippen LogP contribution in [0.3, 0.4) is 0 Å². The van der Waals surface area contributed by atoms with Gasteiger partial charge in [0.1, 0.15) is 0 Å². The van der Waals surface area contributed by atoms with Crippen LogP contribution in [0, 0.1) is 0 Å². The predicted molar refractivity (Wildman–Crippen MR) is 71.8 cm³/mol. The van der Waals surface area contributed by atoms with Crippen molar-refractivity contribution in [2.45, 2.75) is 25.8 Å². The number of nitrogens with zero attached hydrogens (tertiary/aromatic N) is 1. The van der Waals surface area contributed by atoms with E-state index in [9.17, 15) is 4.79 Å². The maximum absolute atomic E-state index is 11.9. The molecule has 17 heavy (non-hydrogen) atoms. The lowest BCUT2D eigenvalue weighted by atomic mass is 10.1. The third kappa shape index (κ3) is 3.46. The van der Waals surface area contributed by atoms with Crippen molar-refractivity contribution < 1.29 is 4.79 Å². The SMILES string of the molecule is O=C(NCc1ccccc1Br)N1CCCCC1. The maximum atomic E-state index is 11.9. The zero-order chi connectivity index (χ0) is 12.1. The van der Waals surface area contributed by atoms with E-state index < -0.39 is 0 Å². The normalized spacial score (nSPS) is 15.7. The monoisotopic (exact) mass is 296 g/mol. The third-order valence-electron chi connectivity index (χ3n) is 3.03. The van der Waals surface area contributed by atoms with E-state index in [1.165, 1.54) is 6.42 Å². The van der Waals surface area contributed by atoms with Gasteiger partial charge >= 0.3 is 6.03 Å². The first kappa shape index (κ1) is 12.4. The molecule has 0 atom stereocenters. The summed E-state index contributed by atoms with van der Waals surface area (Å²) in [5.74, 6) is 0. The molecular formula is C13H17BrN2O. The molecule has 1 aromatic rings. The quantitative estimate of drug-likeness (QED) is 0.893. The average Bonchev–Trinajstić information content (AvgIpc) is 2.38. The second kappa shape index (κ2) is 6.05. The van der Waals surface area contributed by atoms with E-state index in [4.69, 9.17) is 0 Å². The largest absolute Gasteiger partial charge is 0.334 e. The van der Waals surface area contributed by atoms with Crippen molar-refractivity contribution in [2.24, 2.45) is 0 Å². The highest BCUT2D eigenvalue weighted by molar-refractivity contribution is 9.10. The van der Waals surface area contributed by atoms with Gasteiger partial charge < -0.3 is 10.2 Å². The number of rotatable bonds is 2. The Balaban J connectivity index is 1.85. The topological polar surface area (TPSA) is 32.3 Å². The van der Waals surface area contributed by atoms with Gasteiger partial charge in [-0.25, -0.2) is 4.79 Å². The summed E-state index contributed by atoms with van der Waals surface area (Å²) in [5.41, 5.74) is 1.11. The summed E-state index contributed by atoms with van der Waals surface area (Å²) in [7, 11) is 0. The van der Waals surface area contributed by atoms with E-state index in [2.05, 4.69) is 21.2 Å². The van der Waals surface area contributed by atoms with Crippen molar-refractivity contribution in [1.82, 2.24) is 10.2 Å². The highest BCUT2D eigenvalue weighted by Gasteiger charge is 2.15. The van der Waals surface area contributed by atoms with Crippen LogP contribution in [0.15, 0.2) is 28.7 Å². The van der Waals surface area contributed by atoms with Crippen LogP contribution in [-0.4, -0.2) is 24.0 Å². The Kier molecular flexibility index (Phi) is 4.42. The molecule has 1 saturated heterocycles. The van der Waals surface area contributed by atoms with E-state index in [-0.39, 0.29) is 6.03 Å². The number of carbonyl (C=O) groups excluding carboxylic acids is 1. The number of benzene rings is 1. The summed E-state index contributed by atoms with van der Waals surface area (Å²) in [6.45, 7) is 2.36. The van der Waals surface area contributed by atoms with Gasteiger partial charge in [-0.05, 0) is 30.9 Å². The van der Waals surface area contributed by atoms with E-state index >= 15 is 0 Å². The van der Waals surface area contributed by atoms with Crippen molar-refractivity contribution in [3.8, 4) is 0 Å². The predicted octanol–water partition coefficient (Wildman–Crippen LogP) is 3.14. The van der Waals surface area contributed by atoms with Crippen LogP contribution in [0.5, 0.6) is 0 Å². The van der Waals surface area contributed by atoms with Crippen molar-refractivity contribution in [3.05, 3.63) is 34.3 Å². The summed E-state index contributed by atoms with van der Waals surface area (Å²) in [5, 5.41) is 2.97. The fraction of sp³-hybridized carbons (Fsp3) is 0.462. The Hall–Kier alpha value is -1.03. The highest BCUT2D eigenvalue weighted by Crippen LogP contribution is 2.15. The van der Waals surface area contributed by atoms with Crippen molar-refractivity contribution >= 4 is 22.0 Å². The number of likely N-dealkylation sites (tertiary alicyclic amines) is 1. The summed E-state index contributed by atoms with van der Waals surface area (Å²) >= 11 is 3.48. The van der Waals surface area contributed by atoms with Crippen LogP contribution in [0.2, 0.25) is 0 Å². The zero-order valence-corrected chi connectivity index (χ0v) is 11.4. The molecule has 1 aliphatic heterocycles. The minimum absolute atomic E-state index is 0.0560. The van der Waals surface area contributed by atoms with E-state index in [0.29, 0.717) is 6.54 Å². The number of nitrogens with one attached hydrogen (secondary N) is 1. The second-order valence-corrected chi connectivity index (χ2v) is 5.15. The fourth-order valence-electron chi connectivity index (χ4n) is 2.02. The molecule has 2 rings (SSSR count). The molecule has 0 radical (unpaired) electrons. The van der Waals surface area contributed by atoms with Crippen LogP contribution < -0.4 is 5.32 Å². The van der Waals surface area contributed by atoms with Gasteiger partial charge in [-0.2, -0.15) is 0 Å². The van der Waals surface area contributed by atoms with Crippen molar-refractivity contribution in [3.63, 3.8) is 0 Å². The van der Waals surface area contributed by atoms with Gasteiger partial charge in [0.15, 0.2) is 0 Å². The molecule has 1 fully saturated rings. The van der Waals surface area contributed by atoms with Gasteiger partial charge in [0.05, 0.1) is 0 Å². The number of halogens is 1. The number of hydrogen-bond acceptors (Lipinski definition) is 1. The van der Waals surface area contributed by atoms with Gasteiger partial charge in [0.25, 0.3) is 0 Å². The Morgan fingerprint density at radius 1 is 1.24 bits per heavy atom. The Bertz CT molecular complexity index is 389. The van der Waals surface area contributed by atoms with E-state index in [1.807, 2.05) is 29.2 Å². The van der Waals surface area contributed by atoms with E-state index in [0.717, 1.165) is 36.0 Å². The van der Waals surface area contributed by atoms with Crippen molar-refractivity contribution in [1.29, 1.82) is 0 Å². The summed E-state index contributed by atoms with van der Waals surface area (Å²) in [6, 6.07) is 8.01. The molecule has 4 heteroatoms. The molecule has 0 spiro atoms. The second-order valence-electron chi connectivity index (χ2n) is 4.30. The molecule has 0 unspecified atom stereocenters. The smallest absolute Gasteiger partial charge is 0.317 e. The summed E-state index contributed by atoms with van der Waals surface area (Å²) in [6.07, 6.45) is 3.50. The average molecular weight is 297 g/mol. The highest BCUT2D eigenvalue weighted by atomic mass is 79.9. The van der Waals surface area contributed by atoms with Gasteiger partial charge in [-0.3, -0.25) is 0 Å². The molecular weight excluding hydrogens is 280 g/mol. The number of piperidine rings is 1. The molecule has 0 bridgehead atoms. The first-order valence-electron chi connectivity index (χ1n) is 6.03. The molecule has 1 N–H and O–H groups in total. The fourth-order valence-corrected chi connectivity index (χ4v) is 2.45. The molecule has 92 valence electrons. The lowest BCUT2D eigenvalue weighted by Gasteiger charge is -2.26. The number of carbonyl (C=O) groups is 1. The van der Waals surface area contributed by atoms with Gasteiger partial charge in [-0.1, -0.05) is 34.1 Å². The van der Waals surface area contributed by atoms with Crippen molar-refractivity contribution in [2.75, 3.05) is 13.1 Å². The Morgan fingerprint density at radius 3 is 2.65 bits per heavy atom. The molecule has 3 nitrogen and oxygen atoms in total. The first-order chi connectivity index (χ1) is 8.27. The standard InChI is InChI=1S/C13H17BrN2O/c14-12-7-3-2-6-11(12)10-15-13(17)16-8-4-1-5-9-16/h2-3,6-7H,1,4-5,8-10H2,(H,15,17). The van der Waals surface area contributed by atoms with Crippen LogP contribution in [0.4, 0.5) is 4.79 Å². The van der Waals surface area contributed by atoms with Crippen LogP contribution in [-0.2, 0) is 6.54 Å². The maximum Gasteiger partial charge on any atom is 0.317 e. The molecule has 2 amide bonds. The van der Waals surface area contributed by atoms with Crippen LogP contribution in [0.1, 0.15) is 24.8 Å². The van der Waals surface area contributed by atoms with E-state index in [1.54, 1.807) is 0 Å². The first-order valence-corrected chi connectivity index (χ1v) is 6.83. The lowest BCUT2D eigenvalue weighted by Crippen LogP contribution is -2.42. The molecule has 1 aromatic carbocycles. The van der Waals surface area contributed by atoms with Gasteiger partial charge in [-0.15, -0.1) is 0 Å². The zero-order valence-electron chi connectivity index (χ0n) is 9.79. The molecule has 1 heterocycles. The molecule has 0 aliphatic carbocycles. The van der Waals surface area contributed by atoms with Crippen LogP contribution >= 0.6 is 15.9 Å². The summed E-state index contributed by atoms with van der Waals surface area (Å²) < 4.78 is 1.04.